The van der Waals surface area contributed by atoms with E-state index in [1.54, 1.807) is 18.2 Å². The average Bonchev–Trinajstić information content (AvgIpc) is 3.14. The Kier molecular flexibility index (Phi) is 6.39. The summed E-state index contributed by atoms with van der Waals surface area (Å²) in [4.78, 5) is 27.8. The van der Waals surface area contributed by atoms with Crippen LogP contribution in [0.25, 0.3) is 0 Å². The van der Waals surface area contributed by atoms with Gasteiger partial charge in [0.15, 0.2) is 5.13 Å². The average molecular weight is 396 g/mol. The lowest BCUT2D eigenvalue weighted by molar-refractivity contribution is -0.137. The first-order valence-electron chi connectivity index (χ1n) is 8.70. The van der Waals surface area contributed by atoms with Crippen molar-refractivity contribution in [3.8, 4) is 0 Å². The van der Waals surface area contributed by atoms with Gasteiger partial charge in [-0.2, -0.15) is 0 Å². The fourth-order valence-electron chi connectivity index (χ4n) is 2.79. The van der Waals surface area contributed by atoms with Gasteiger partial charge in [0.1, 0.15) is 6.04 Å². The summed E-state index contributed by atoms with van der Waals surface area (Å²) in [5.74, 6) is -1.31. The maximum absolute atomic E-state index is 11.7. The van der Waals surface area contributed by atoms with Crippen molar-refractivity contribution in [3.63, 3.8) is 0 Å². The van der Waals surface area contributed by atoms with Crippen LogP contribution in [0, 0.1) is 0 Å². The lowest BCUT2D eigenvalue weighted by Gasteiger charge is -2.13. The summed E-state index contributed by atoms with van der Waals surface area (Å²) in [7, 11) is 1.35. The minimum Gasteiger partial charge on any atom is -0.480 e. The van der Waals surface area contributed by atoms with Crippen LogP contribution in [0.5, 0.6) is 0 Å². The Hall–Kier alpha value is -3.19. The second-order valence-corrected chi connectivity index (χ2v) is 7.10. The van der Waals surface area contributed by atoms with E-state index in [1.165, 1.54) is 18.4 Å². The van der Waals surface area contributed by atoms with Crippen LogP contribution in [-0.2, 0) is 22.4 Å². The SMILES string of the molecule is COC(=O)c1cccc(Cc2csc(N[C@H](Cc3ccccc3)C(=O)O)n2)c1. The molecule has 0 unspecified atom stereocenters. The first kappa shape index (κ1) is 19.6. The predicted molar refractivity (Wildman–Crippen MR) is 108 cm³/mol. The standard InChI is InChI=1S/C21H20N2O4S/c1-27-20(26)16-9-5-8-15(10-16)11-17-13-28-21(22-17)23-18(19(24)25)12-14-6-3-2-4-7-14/h2-10,13,18H,11-12H2,1H3,(H,22,23)(H,24,25)/t18-/m1/s1. The molecule has 7 heteroatoms. The van der Waals surface area contributed by atoms with Crippen molar-refractivity contribution in [2.75, 3.05) is 12.4 Å². The predicted octanol–water partition coefficient (Wildman–Crippen LogP) is 3.63. The minimum absolute atomic E-state index is 0.367. The van der Waals surface area contributed by atoms with Crippen LogP contribution in [0.15, 0.2) is 60.0 Å². The molecule has 0 aliphatic heterocycles. The highest BCUT2D eigenvalue weighted by atomic mass is 32.1. The zero-order valence-electron chi connectivity index (χ0n) is 15.3. The number of rotatable bonds is 8. The highest BCUT2D eigenvalue weighted by Gasteiger charge is 2.19. The van der Waals surface area contributed by atoms with Crippen LogP contribution in [0.3, 0.4) is 0 Å². The second kappa shape index (κ2) is 9.14. The zero-order chi connectivity index (χ0) is 19.9. The molecular formula is C21H20N2O4S. The Bertz CT molecular complexity index is 956. The third-order valence-corrected chi connectivity index (χ3v) is 4.99. The number of thiazole rings is 1. The number of carboxylic acids is 1. The van der Waals surface area contributed by atoms with E-state index >= 15 is 0 Å². The number of carbonyl (C=O) groups is 2. The van der Waals surface area contributed by atoms with E-state index in [0.29, 0.717) is 23.5 Å². The first-order chi connectivity index (χ1) is 13.5. The maximum atomic E-state index is 11.7. The van der Waals surface area contributed by atoms with Gasteiger partial charge in [-0.3, -0.25) is 0 Å². The molecule has 0 amide bonds. The molecule has 3 rings (SSSR count). The van der Waals surface area contributed by atoms with Gasteiger partial charge in [0.2, 0.25) is 0 Å². The maximum Gasteiger partial charge on any atom is 0.337 e. The number of methoxy groups -OCH3 is 1. The summed E-state index contributed by atoms with van der Waals surface area (Å²) in [6.45, 7) is 0. The van der Waals surface area contributed by atoms with E-state index in [0.717, 1.165) is 16.8 Å². The molecule has 1 heterocycles. The molecule has 0 saturated heterocycles. The van der Waals surface area contributed by atoms with Gasteiger partial charge in [-0.15, -0.1) is 11.3 Å². The van der Waals surface area contributed by atoms with Crippen molar-refractivity contribution in [3.05, 3.63) is 82.4 Å². The Morgan fingerprint density at radius 1 is 1.14 bits per heavy atom. The fraction of sp³-hybridized carbons (Fsp3) is 0.190. The number of hydrogen-bond acceptors (Lipinski definition) is 6. The van der Waals surface area contributed by atoms with Gasteiger partial charge in [0.25, 0.3) is 0 Å². The Balaban J connectivity index is 1.67. The number of hydrogen-bond donors (Lipinski definition) is 2. The molecule has 144 valence electrons. The number of aliphatic carboxylic acids is 1. The van der Waals surface area contributed by atoms with Crippen molar-refractivity contribution in [1.82, 2.24) is 4.98 Å². The second-order valence-electron chi connectivity index (χ2n) is 6.24. The lowest BCUT2D eigenvalue weighted by Crippen LogP contribution is -2.31. The first-order valence-corrected chi connectivity index (χ1v) is 9.58. The summed E-state index contributed by atoms with van der Waals surface area (Å²) in [5, 5.41) is 15.0. The summed E-state index contributed by atoms with van der Waals surface area (Å²) >= 11 is 1.36. The van der Waals surface area contributed by atoms with Gasteiger partial charge in [-0.1, -0.05) is 42.5 Å². The van der Waals surface area contributed by atoms with Crippen LogP contribution in [0.4, 0.5) is 5.13 Å². The number of anilines is 1. The molecule has 1 aromatic heterocycles. The summed E-state index contributed by atoms with van der Waals surface area (Å²) in [6.07, 6.45) is 0.908. The monoisotopic (exact) mass is 396 g/mol. The summed E-state index contributed by atoms with van der Waals surface area (Å²) in [6, 6.07) is 15.9. The van der Waals surface area contributed by atoms with Gasteiger partial charge >= 0.3 is 11.9 Å². The Morgan fingerprint density at radius 3 is 2.61 bits per heavy atom. The molecule has 2 aromatic carbocycles. The number of nitrogens with zero attached hydrogens (tertiary/aromatic N) is 1. The lowest BCUT2D eigenvalue weighted by atomic mass is 10.1. The minimum atomic E-state index is -0.925. The number of aromatic nitrogens is 1. The van der Waals surface area contributed by atoms with E-state index in [-0.39, 0.29) is 5.97 Å². The molecule has 28 heavy (non-hydrogen) atoms. The highest BCUT2D eigenvalue weighted by Crippen LogP contribution is 2.20. The van der Waals surface area contributed by atoms with Gasteiger partial charge in [-0.25, -0.2) is 14.6 Å². The van der Waals surface area contributed by atoms with Crippen LogP contribution < -0.4 is 5.32 Å². The number of nitrogens with one attached hydrogen (secondary N) is 1. The van der Waals surface area contributed by atoms with Gasteiger partial charge in [0.05, 0.1) is 18.4 Å². The molecule has 1 atom stereocenters. The van der Waals surface area contributed by atoms with E-state index in [9.17, 15) is 14.7 Å². The Labute approximate surface area is 166 Å². The third-order valence-electron chi connectivity index (χ3n) is 4.16. The van der Waals surface area contributed by atoms with Crippen molar-refractivity contribution in [2.45, 2.75) is 18.9 Å². The molecule has 3 aromatic rings. The van der Waals surface area contributed by atoms with Gasteiger partial charge in [0, 0.05) is 18.2 Å². The van der Waals surface area contributed by atoms with Crippen molar-refractivity contribution in [2.24, 2.45) is 0 Å². The molecule has 0 aliphatic rings. The smallest absolute Gasteiger partial charge is 0.337 e. The number of esters is 1. The van der Waals surface area contributed by atoms with Crippen LogP contribution in [-0.4, -0.2) is 35.2 Å². The third kappa shape index (κ3) is 5.17. The normalized spacial score (nSPS) is 11.6. The van der Waals surface area contributed by atoms with Crippen molar-refractivity contribution in [1.29, 1.82) is 0 Å². The van der Waals surface area contributed by atoms with Crippen molar-refractivity contribution >= 4 is 28.4 Å². The quantitative estimate of drug-likeness (QED) is 0.565. The molecule has 0 aliphatic carbocycles. The largest absolute Gasteiger partial charge is 0.480 e. The summed E-state index contributed by atoms with van der Waals surface area (Å²) in [5.41, 5.74) is 3.17. The van der Waals surface area contributed by atoms with Crippen molar-refractivity contribution < 1.29 is 19.4 Å². The fourth-order valence-corrected chi connectivity index (χ4v) is 3.55. The van der Waals surface area contributed by atoms with Crippen LogP contribution in [0.1, 0.15) is 27.2 Å². The van der Waals surface area contributed by atoms with Crippen LogP contribution in [0.2, 0.25) is 0 Å². The molecule has 0 fully saturated rings. The molecule has 0 saturated carbocycles. The number of carbonyl (C=O) groups excluding carboxylic acids is 1. The molecule has 0 radical (unpaired) electrons. The highest BCUT2D eigenvalue weighted by molar-refractivity contribution is 7.13. The van der Waals surface area contributed by atoms with E-state index in [1.807, 2.05) is 41.8 Å². The molecule has 6 nitrogen and oxygen atoms in total. The van der Waals surface area contributed by atoms with Gasteiger partial charge in [-0.05, 0) is 23.3 Å². The van der Waals surface area contributed by atoms with Crippen LogP contribution >= 0.6 is 11.3 Å². The summed E-state index contributed by atoms with van der Waals surface area (Å²) < 4.78 is 4.74. The number of benzene rings is 2. The topological polar surface area (TPSA) is 88.5 Å². The zero-order valence-corrected chi connectivity index (χ0v) is 16.1. The molecular weight excluding hydrogens is 376 g/mol. The number of ether oxygens (including phenoxy) is 1. The van der Waals surface area contributed by atoms with E-state index in [2.05, 4.69) is 10.3 Å². The Morgan fingerprint density at radius 2 is 1.89 bits per heavy atom. The van der Waals surface area contributed by atoms with E-state index < -0.39 is 12.0 Å². The number of carboxylic acid groups (broad SMARTS) is 1. The molecule has 0 spiro atoms. The molecule has 2 N–H and O–H groups in total. The molecule has 0 bridgehead atoms. The van der Waals surface area contributed by atoms with E-state index in [4.69, 9.17) is 4.74 Å². The van der Waals surface area contributed by atoms with Gasteiger partial charge < -0.3 is 15.2 Å².